The van der Waals surface area contributed by atoms with Gasteiger partial charge in [0.1, 0.15) is 17.5 Å². The van der Waals surface area contributed by atoms with E-state index in [-0.39, 0.29) is 5.69 Å². The Morgan fingerprint density at radius 1 is 1.19 bits per heavy atom. The van der Waals surface area contributed by atoms with Gasteiger partial charge in [-0.25, -0.2) is 9.78 Å². The molecule has 0 amide bonds. The smallest absolute Gasteiger partial charge is 0.329 e. The standard InChI is InChI=1S/C23H33N5O4/c1-7-17-15-24-22(27(8-2)9-3)26-20(17)25-19(21(29)32-23(4,5)6)14-16-10-12-18(13-11-16)28(30)31/h10-13,15,19H,7-9,14H2,1-6H3,(H,24,25,26)/t19-/m0/s1. The Kier molecular flexibility index (Phi) is 8.51. The number of nitrogens with one attached hydrogen (secondary N) is 1. The van der Waals surface area contributed by atoms with E-state index in [9.17, 15) is 14.9 Å². The summed E-state index contributed by atoms with van der Waals surface area (Å²) in [6, 6.07) is 5.45. The largest absolute Gasteiger partial charge is 0.458 e. The Morgan fingerprint density at radius 2 is 1.81 bits per heavy atom. The van der Waals surface area contributed by atoms with Gasteiger partial charge in [0, 0.05) is 43.4 Å². The topological polar surface area (TPSA) is 110 Å². The molecule has 0 aliphatic rings. The SMILES string of the molecule is CCc1cnc(N(CC)CC)nc1N[C@@H](Cc1ccc([N+](=O)[O-])cc1)C(=O)OC(C)(C)C. The molecule has 0 saturated heterocycles. The monoisotopic (exact) mass is 443 g/mol. The lowest BCUT2D eigenvalue weighted by atomic mass is 10.0. The molecule has 9 nitrogen and oxygen atoms in total. The second kappa shape index (κ2) is 10.9. The van der Waals surface area contributed by atoms with Gasteiger partial charge < -0.3 is 15.0 Å². The molecular formula is C23H33N5O4. The number of nitrogens with zero attached hydrogens (tertiary/aromatic N) is 4. The number of ether oxygens (including phenoxy) is 1. The Morgan fingerprint density at radius 3 is 2.31 bits per heavy atom. The highest BCUT2D eigenvalue weighted by Crippen LogP contribution is 2.21. The number of carbonyl (C=O) groups is 1. The lowest BCUT2D eigenvalue weighted by molar-refractivity contribution is -0.384. The number of anilines is 2. The number of nitro groups is 1. The van der Waals surface area contributed by atoms with Crippen LogP contribution >= 0.6 is 0 Å². The summed E-state index contributed by atoms with van der Waals surface area (Å²) in [6.07, 6.45) is 2.76. The number of esters is 1. The van der Waals surface area contributed by atoms with Crippen LogP contribution in [0.4, 0.5) is 17.5 Å². The maximum Gasteiger partial charge on any atom is 0.329 e. The van der Waals surface area contributed by atoms with Crippen molar-refractivity contribution in [2.45, 2.75) is 66.0 Å². The molecule has 1 atom stereocenters. The normalized spacial score (nSPS) is 12.2. The average Bonchev–Trinajstić information content (AvgIpc) is 2.73. The summed E-state index contributed by atoms with van der Waals surface area (Å²) in [7, 11) is 0. The second-order valence-corrected chi connectivity index (χ2v) is 8.43. The molecule has 2 rings (SSSR count). The van der Waals surface area contributed by atoms with E-state index in [1.807, 2.05) is 46.4 Å². The molecule has 174 valence electrons. The van der Waals surface area contributed by atoms with Crippen LogP contribution in [-0.2, 0) is 22.4 Å². The molecule has 9 heteroatoms. The summed E-state index contributed by atoms with van der Waals surface area (Å²) in [6.45, 7) is 13.0. The highest BCUT2D eigenvalue weighted by molar-refractivity contribution is 5.80. The summed E-state index contributed by atoms with van der Waals surface area (Å²) in [4.78, 5) is 34.7. The minimum absolute atomic E-state index is 0.00320. The van der Waals surface area contributed by atoms with E-state index < -0.39 is 22.5 Å². The van der Waals surface area contributed by atoms with Crippen molar-refractivity contribution in [3.05, 3.63) is 51.7 Å². The molecule has 0 aliphatic heterocycles. The zero-order chi connectivity index (χ0) is 23.9. The molecule has 1 aromatic carbocycles. The first-order chi connectivity index (χ1) is 15.1. The van der Waals surface area contributed by atoms with Crippen molar-refractivity contribution < 1.29 is 14.5 Å². The fourth-order valence-corrected chi connectivity index (χ4v) is 3.16. The van der Waals surface area contributed by atoms with Crippen LogP contribution in [0.1, 0.15) is 52.7 Å². The Labute approximate surface area is 189 Å². The lowest BCUT2D eigenvalue weighted by Gasteiger charge is -2.26. The van der Waals surface area contributed by atoms with Gasteiger partial charge in [0.15, 0.2) is 0 Å². The number of nitro benzene ring substituents is 1. The molecule has 0 unspecified atom stereocenters. The fourth-order valence-electron chi connectivity index (χ4n) is 3.16. The van der Waals surface area contributed by atoms with Gasteiger partial charge in [0.05, 0.1) is 4.92 Å². The zero-order valence-corrected chi connectivity index (χ0v) is 19.7. The third kappa shape index (κ3) is 6.90. The third-order valence-electron chi connectivity index (χ3n) is 4.87. The maximum absolute atomic E-state index is 13.0. The molecule has 1 aromatic heterocycles. The van der Waals surface area contributed by atoms with Crippen molar-refractivity contribution in [3.63, 3.8) is 0 Å². The van der Waals surface area contributed by atoms with Gasteiger partial charge in [-0.3, -0.25) is 10.1 Å². The summed E-state index contributed by atoms with van der Waals surface area (Å²) in [5.41, 5.74) is 1.01. The van der Waals surface area contributed by atoms with E-state index in [0.29, 0.717) is 24.6 Å². The Bertz CT molecular complexity index is 921. The number of non-ortho nitro benzene ring substituents is 1. The molecule has 2 aromatic rings. The van der Waals surface area contributed by atoms with E-state index in [2.05, 4.69) is 15.3 Å². The molecular weight excluding hydrogens is 410 g/mol. The van der Waals surface area contributed by atoms with Gasteiger partial charge in [0.25, 0.3) is 5.69 Å². The molecule has 0 aliphatic carbocycles. The van der Waals surface area contributed by atoms with E-state index in [4.69, 9.17) is 4.74 Å². The molecule has 0 spiro atoms. The van der Waals surface area contributed by atoms with E-state index in [1.165, 1.54) is 12.1 Å². The van der Waals surface area contributed by atoms with Gasteiger partial charge in [-0.2, -0.15) is 4.98 Å². The average molecular weight is 444 g/mol. The van der Waals surface area contributed by atoms with Crippen LogP contribution in [0.5, 0.6) is 0 Å². The van der Waals surface area contributed by atoms with Gasteiger partial charge in [-0.1, -0.05) is 19.1 Å². The highest BCUT2D eigenvalue weighted by atomic mass is 16.6. The Balaban J connectivity index is 2.38. The number of aromatic nitrogens is 2. The van der Waals surface area contributed by atoms with Crippen LogP contribution in [0.15, 0.2) is 30.5 Å². The summed E-state index contributed by atoms with van der Waals surface area (Å²) in [5, 5.41) is 14.2. The minimum Gasteiger partial charge on any atom is -0.458 e. The van der Waals surface area contributed by atoms with Gasteiger partial charge in [0.2, 0.25) is 5.95 Å². The van der Waals surface area contributed by atoms with Crippen molar-refractivity contribution in [2.75, 3.05) is 23.3 Å². The predicted molar refractivity (Wildman–Crippen MR) is 125 cm³/mol. The van der Waals surface area contributed by atoms with Gasteiger partial charge >= 0.3 is 5.97 Å². The van der Waals surface area contributed by atoms with Crippen LogP contribution in [0.25, 0.3) is 0 Å². The first-order valence-electron chi connectivity index (χ1n) is 10.9. The van der Waals surface area contributed by atoms with Gasteiger partial charge in [-0.05, 0) is 46.6 Å². The number of aryl methyl sites for hydroxylation is 1. The molecule has 0 fully saturated rings. The summed E-state index contributed by atoms with van der Waals surface area (Å²) in [5.74, 6) is 0.760. The summed E-state index contributed by atoms with van der Waals surface area (Å²) < 4.78 is 5.64. The second-order valence-electron chi connectivity index (χ2n) is 8.43. The first kappa shape index (κ1) is 25.0. The van der Waals surface area contributed by atoms with Crippen molar-refractivity contribution in [1.29, 1.82) is 0 Å². The lowest BCUT2D eigenvalue weighted by Crippen LogP contribution is -2.38. The number of hydrogen-bond donors (Lipinski definition) is 1. The quantitative estimate of drug-likeness (QED) is 0.331. The van der Waals surface area contributed by atoms with E-state index in [1.54, 1.807) is 18.3 Å². The van der Waals surface area contributed by atoms with Crippen LogP contribution in [0.3, 0.4) is 0 Å². The van der Waals surface area contributed by atoms with Crippen molar-refractivity contribution >= 4 is 23.4 Å². The predicted octanol–water partition coefficient (Wildman–Crippen LogP) is 4.16. The first-order valence-corrected chi connectivity index (χ1v) is 10.9. The fraction of sp³-hybridized carbons (Fsp3) is 0.522. The van der Waals surface area contributed by atoms with Gasteiger partial charge in [-0.15, -0.1) is 0 Å². The number of hydrogen-bond acceptors (Lipinski definition) is 8. The van der Waals surface area contributed by atoms with Crippen LogP contribution in [-0.4, -0.2) is 45.6 Å². The number of benzene rings is 1. The maximum atomic E-state index is 13.0. The number of carbonyl (C=O) groups excluding carboxylic acids is 1. The number of rotatable bonds is 10. The molecule has 0 saturated carbocycles. The Hall–Kier alpha value is -3.23. The molecule has 0 radical (unpaired) electrons. The van der Waals surface area contributed by atoms with E-state index >= 15 is 0 Å². The molecule has 32 heavy (non-hydrogen) atoms. The van der Waals surface area contributed by atoms with Crippen molar-refractivity contribution in [3.8, 4) is 0 Å². The minimum atomic E-state index is -0.722. The molecule has 1 N–H and O–H groups in total. The molecule has 0 bridgehead atoms. The third-order valence-corrected chi connectivity index (χ3v) is 4.87. The van der Waals surface area contributed by atoms with E-state index in [0.717, 1.165) is 24.2 Å². The van der Waals surface area contributed by atoms with Crippen molar-refractivity contribution in [1.82, 2.24) is 9.97 Å². The summed E-state index contributed by atoms with van der Waals surface area (Å²) >= 11 is 0. The van der Waals surface area contributed by atoms with Crippen molar-refractivity contribution in [2.24, 2.45) is 0 Å². The zero-order valence-electron chi connectivity index (χ0n) is 19.7. The van der Waals surface area contributed by atoms with Crippen LogP contribution in [0, 0.1) is 10.1 Å². The molecule has 1 heterocycles. The highest BCUT2D eigenvalue weighted by Gasteiger charge is 2.27. The van der Waals surface area contributed by atoms with Crippen LogP contribution in [0.2, 0.25) is 0 Å². The van der Waals surface area contributed by atoms with Crippen LogP contribution < -0.4 is 10.2 Å².